The Balaban J connectivity index is 1.41. The van der Waals surface area contributed by atoms with Crippen molar-refractivity contribution in [1.29, 1.82) is 0 Å². The van der Waals surface area contributed by atoms with Gasteiger partial charge in [0.2, 0.25) is 11.8 Å². The molecule has 0 radical (unpaired) electrons. The maximum Gasteiger partial charge on any atom is 0.246 e. The fraction of sp³-hybridized carbons (Fsp3) is 0.394. The first-order valence-corrected chi connectivity index (χ1v) is 14.6. The highest BCUT2D eigenvalue weighted by Crippen LogP contribution is 2.30. The molecule has 1 saturated heterocycles. The molecule has 224 valence electrons. The molecule has 0 saturated carbocycles. The second-order valence-electron chi connectivity index (χ2n) is 11.1. The standard InChI is InChI=1S/C33H39ClFN3O4/c1-5-32(40)38-15-14-37(19-23(38)4)20-31(25-7-6-21(2)29(35)17-25)42-27-12-13-28(22(3)16-27)33(41)36-18-30(39)24-8-10-26(34)11-9-24/h5-13,16-17,22-23,28,30-31,39H,1,14-15,18-20H2,2-4H3,(H,36,41)/t22?,23-,28?,30+,31?/m1/s1. The molecule has 2 aromatic carbocycles. The number of allylic oxidation sites excluding steroid dienone is 2. The van der Waals surface area contributed by atoms with Crippen LogP contribution < -0.4 is 5.32 Å². The molecule has 1 aliphatic carbocycles. The van der Waals surface area contributed by atoms with Crippen LogP contribution in [0, 0.1) is 24.6 Å². The second kappa shape index (κ2) is 14.1. The Morgan fingerprint density at radius 1 is 1.19 bits per heavy atom. The van der Waals surface area contributed by atoms with Crippen LogP contribution >= 0.6 is 11.6 Å². The van der Waals surface area contributed by atoms with Crippen molar-refractivity contribution in [1.82, 2.24) is 15.1 Å². The van der Waals surface area contributed by atoms with Crippen molar-refractivity contribution >= 4 is 23.4 Å². The number of ether oxygens (including phenoxy) is 1. The molecular weight excluding hydrogens is 557 g/mol. The Morgan fingerprint density at radius 3 is 2.55 bits per heavy atom. The Hall–Kier alpha value is -3.46. The number of rotatable bonds is 10. The van der Waals surface area contributed by atoms with E-state index >= 15 is 0 Å². The van der Waals surface area contributed by atoms with Crippen molar-refractivity contribution in [3.8, 4) is 0 Å². The SMILES string of the molecule is C=CC(=O)N1CCN(CC(OC2=CC(C)C(C(=O)NC[C@H](O)c3ccc(Cl)cc3)C=C2)c2ccc(C)c(F)c2)C[C@H]1C. The van der Waals surface area contributed by atoms with Crippen LogP contribution in [0.15, 0.2) is 79.1 Å². The lowest BCUT2D eigenvalue weighted by Crippen LogP contribution is -2.54. The Labute approximate surface area is 252 Å². The molecule has 42 heavy (non-hydrogen) atoms. The summed E-state index contributed by atoms with van der Waals surface area (Å²) in [6.45, 7) is 11.7. The van der Waals surface area contributed by atoms with Crippen molar-refractivity contribution in [2.45, 2.75) is 39.0 Å². The van der Waals surface area contributed by atoms with E-state index in [9.17, 15) is 19.1 Å². The number of aryl methyl sites for hydroxylation is 1. The summed E-state index contributed by atoms with van der Waals surface area (Å²) < 4.78 is 21.0. The van der Waals surface area contributed by atoms with E-state index in [0.29, 0.717) is 53.7 Å². The normalized spacial score (nSPS) is 22.2. The first-order valence-electron chi connectivity index (χ1n) is 14.2. The van der Waals surface area contributed by atoms with Crippen molar-refractivity contribution in [2.75, 3.05) is 32.7 Å². The number of halogens is 2. The number of hydrogen-bond donors (Lipinski definition) is 2. The Bertz CT molecular complexity index is 1350. The molecule has 0 bridgehead atoms. The number of hydrogen-bond acceptors (Lipinski definition) is 5. The van der Waals surface area contributed by atoms with Gasteiger partial charge in [-0.3, -0.25) is 14.5 Å². The van der Waals surface area contributed by atoms with E-state index in [0.717, 1.165) is 0 Å². The van der Waals surface area contributed by atoms with E-state index in [-0.39, 0.29) is 36.1 Å². The molecule has 2 amide bonds. The summed E-state index contributed by atoms with van der Waals surface area (Å²) in [5.74, 6) is -0.564. The molecule has 1 fully saturated rings. The fourth-order valence-corrected chi connectivity index (χ4v) is 5.50. The van der Waals surface area contributed by atoms with E-state index in [1.165, 1.54) is 12.1 Å². The van der Waals surface area contributed by atoms with Gasteiger partial charge in [0.05, 0.1) is 12.0 Å². The maximum atomic E-state index is 14.6. The molecule has 4 rings (SSSR count). The van der Waals surface area contributed by atoms with Crippen LogP contribution in [-0.4, -0.2) is 65.5 Å². The average molecular weight is 596 g/mol. The number of carbonyl (C=O) groups excluding carboxylic acids is 2. The molecule has 1 heterocycles. The Morgan fingerprint density at radius 2 is 1.90 bits per heavy atom. The number of aliphatic hydroxyl groups is 1. The quantitative estimate of drug-likeness (QED) is 0.373. The van der Waals surface area contributed by atoms with Crippen LogP contribution in [0.25, 0.3) is 0 Å². The van der Waals surface area contributed by atoms with Gasteiger partial charge in [0.1, 0.15) is 17.7 Å². The topological polar surface area (TPSA) is 82.1 Å². The summed E-state index contributed by atoms with van der Waals surface area (Å²) in [6.07, 6.45) is 5.52. The molecule has 7 nitrogen and oxygen atoms in total. The largest absolute Gasteiger partial charge is 0.485 e. The van der Waals surface area contributed by atoms with E-state index in [2.05, 4.69) is 16.8 Å². The molecule has 1 aliphatic heterocycles. The number of carbonyl (C=O) groups is 2. The Kier molecular flexibility index (Phi) is 10.6. The number of benzene rings is 2. The summed E-state index contributed by atoms with van der Waals surface area (Å²) in [6, 6.07) is 12.0. The first kappa shape index (κ1) is 31.5. The molecule has 2 aliphatic rings. The zero-order valence-electron chi connectivity index (χ0n) is 24.3. The summed E-state index contributed by atoms with van der Waals surface area (Å²) in [5.41, 5.74) is 1.95. The van der Waals surface area contributed by atoms with Crippen molar-refractivity contribution in [3.05, 3.63) is 107 Å². The van der Waals surface area contributed by atoms with Crippen LogP contribution in [0.3, 0.4) is 0 Å². The van der Waals surface area contributed by atoms with Crippen molar-refractivity contribution in [3.63, 3.8) is 0 Å². The smallest absolute Gasteiger partial charge is 0.246 e. The van der Waals surface area contributed by atoms with Gasteiger partial charge in [0.25, 0.3) is 0 Å². The first-order chi connectivity index (χ1) is 20.0. The van der Waals surface area contributed by atoms with Crippen LogP contribution in [0.1, 0.15) is 42.7 Å². The third kappa shape index (κ3) is 7.88. The van der Waals surface area contributed by atoms with Crippen LogP contribution in [0.4, 0.5) is 4.39 Å². The third-order valence-corrected chi connectivity index (χ3v) is 8.18. The zero-order valence-corrected chi connectivity index (χ0v) is 25.1. The predicted molar refractivity (Wildman–Crippen MR) is 162 cm³/mol. The third-order valence-electron chi connectivity index (χ3n) is 7.93. The van der Waals surface area contributed by atoms with Gasteiger partial charge >= 0.3 is 0 Å². The van der Waals surface area contributed by atoms with Crippen LogP contribution in [0.2, 0.25) is 5.02 Å². The molecular formula is C33H39ClFN3O4. The fourth-order valence-electron chi connectivity index (χ4n) is 5.38. The molecule has 9 heteroatoms. The summed E-state index contributed by atoms with van der Waals surface area (Å²) in [4.78, 5) is 29.2. The zero-order chi connectivity index (χ0) is 30.4. The molecule has 3 unspecified atom stereocenters. The van der Waals surface area contributed by atoms with Gasteiger partial charge in [-0.15, -0.1) is 0 Å². The van der Waals surface area contributed by atoms with Gasteiger partial charge in [-0.2, -0.15) is 0 Å². The number of amides is 2. The lowest BCUT2D eigenvalue weighted by molar-refractivity contribution is -0.130. The summed E-state index contributed by atoms with van der Waals surface area (Å²) in [7, 11) is 0. The maximum absolute atomic E-state index is 14.6. The number of piperazine rings is 1. The van der Waals surface area contributed by atoms with E-state index < -0.39 is 18.1 Å². The molecule has 2 N–H and O–H groups in total. The highest BCUT2D eigenvalue weighted by atomic mass is 35.5. The highest BCUT2D eigenvalue weighted by Gasteiger charge is 2.30. The average Bonchev–Trinajstić information content (AvgIpc) is 2.97. The van der Waals surface area contributed by atoms with E-state index in [1.807, 2.05) is 26.0 Å². The van der Waals surface area contributed by atoms with Crippen LogP contribution in [-0.2, 0) is 14.3 Å². The summed E-state index contributed by atoms with van der Waals surface area (Å²) >= 11 is 5.92. The van der Waals surface area contributed by atoms with Crippen LogP contribution in [0.5, 0.6) is 0 Å². The minimum Gasteiger partial charge on any atom is -0.485 e. The summed E-state index contributed by atoms with van der Waals surface area (Å²) in [5, 5.41) is 13.9. The van der Waals surface area contributed by atoms with Crippen molar-refractivity contribution in [2.24, 2.45) is 11.8 Å². The molecule has 0 aromatic heterocycles. The molecule has 0 spiro atoms. The van der Waals surface area contributed by atoms with E-state index in [4.69, 9.17) is 16.3 Å². The van der Waals surface area contributed by atoms with Crippen molar-refractivity contribution < 1.29 is 23.8 Å². The van der Waals surface area contributed by atoms with Gasteiger partial charge < -0.3 is 20.1 Å². The second-order valence-corrected chi connectivity index (χ2v) is 11.5. The predicted octanol–water partition coefficient (Wildman–Crippen LogP) is 5.12. The minimum absolute atomic E-state index is 0.00551. The van der Waals surface area contributed by atoms with E-state index in [1.54, 1.807) is 54.3 Å². The number of nitrogens with one attached hydrogen (secondary N) is 1. The lowest BCUT2D eigenvalue weighted by atomic mass is 9.88. The minimum atomic E-state index is -0.848. The molecule has 2 aromatic rings. The van der Waals surface area contributed by atoms with Gasteiger partial charge in [0, 0.05) is 43.8 Å². The van der Waals surface area contributed by atoms with Gasteiger partial charge in [-0.1, -0.05) is 55.4 Å². The number of nitrogens with zero attached hydrogens (tertiary/aromatic N) is 2. The van der Waals surface area contributed by atoms with Gasteiger partial charge in [-0.05, 0) is 72.9 Å². The van der Waals surface area contributed by atoms with Gasteiger partial charge in [-0.25, -0.2) is 4.39 Å². The highest BCUT2D eigenvalue weighted by molar-refractivity contribution is 6.30. The monoisotopic (exact) mass is 595 g/mol. The molecule has 5 atom stereocenters. The number of aliphatic hydroxyl groups excluding tert-OH is 1. The van der Waals surface area contributed by atoms with Gasteiger partial charge in [0.15, 0.2) is 0 Å². The lowest BCUT2D eigenvalue weighted by Gasteiger charge is -2.40.